The Morgan fingerprint density at radius 3 is 2.67 bits per heavy atom. The van der Waals surface area contributed by atoms with Crippen LogP contribution in [0.4, 0.5) is 0 Å². The van der Waals surface area contributed by atoms with Gasteiger partial charge in [-0.05, 0) is 19.4 Å². The van der Waals surface area contributed by atoms with Crippen molar-refractivity contribution in [1.82, 2.24) is 15.1 Å². The molecule has 1 unspecified atom stereocenters. The van der Waals surface area contributed by atoms with E-state index in [1.165, 1.54) is 16.8 Å². The van der Waals surface area contributed by atoms with E-state index < -0.39 is 24.0 Å². The van der Waals surface area contributed by atoms with Gasteiger partial charge in [-0.3, -0.25) is 9.59 Å². The molecule has 116 valence electrons. The molecule has 3 N–H and O–H groups in total. The molecule has 0 fully saturated rings. The standard InChI is InChI=1S/C13H19N3O5/c1-3-4-7-16-10(17)6-5-9(15-16)11(18)14-8-13(2,21)12(19)20/h5-6,21H,3-4,7-8H2,1-2H3,(H,14,18)(H,19,20). The molecule has 0 saturated heterocycles. The van der Waals surface area contributed by atoms with Crippen molar-refractivity contribution in [3.8, 4) is 0 Å². The van der Waals surface area contributed by atoms with E-state index in [0.717, 1.165) is 19.8 Å². The first-order chi connectivity index (χ1) is 9.77. The van der Waals surface area contributed by atoms with Crippen LogP contribution in [0.3, 0.4) is 0 Å². The summed E-state index contributed by atoms with van der Waals surface area (Å²) in [5, 5.41) is 24.4. The number of nitrogens with zero attached hydrogens (tertiary/aromatic N) is 2. The van der Waals surface area contributed by atoms with Crippen molar-refractivity contribution in [2.75, 3.05) is 6.54 Å². The molecule has 1 amide bonds. The molecule has 1 rings (SSSR count). The molecule has 0 aliphatic heterocycles. The Hall–Kier alpha value is -2.22. The lowest BCUT2D eigenvalue weighted by Gasteiger charge is -2.18. The number of aliphatic carboxylic acids is 1. The number of unbranched alkanes of at least 4 members (excludes halogenated alkanes) is 1. The van der Waals surface area contributed by atoms with Crippen molar-refractivity contribution >= 4 is 11.9 Å². The minimum atomic E-state index is -2.06. The van der Waals surface area contributed by atoms with Gasteiger partial charge in [0, 0.05) is 12.6 Å². The van der Waals surface area contributed by atoms with Gasteiger partial charge in [0.05, 0.1) is 6.54 Å². The van der Waals surface area contributed by atoms with Gasteiger partial charge in [-0.2, -0.15) is 5.10 Å². The zero-order valence-corrected chi connectivity index (χ0v) is 12.0. The minimum Gasteiger partial charge on any atom is -0.479 e. The Bertz CT molecular complexity index is 579. The van der Waals surface area contributed by atoms with Gasteiger partial charge >= 0.3 is 5.97 Å². The van der Waals surface area contributed by atoms with Gasteiger partial charge in [0.1, 0.15) is 5.69 Å². The molecule has 0 saturated carbocycles. The minimum absolute atomic E-state index is 0.00751. The summed E-state index contributed by atoms with van der Waals surface area (Å²) in [6, 6.07) is 2.49. The number of carboxylic acids is 1. The second-order valence-electron chi connectivity index (χ2n) is 4.90. The number of carboxylic acid groups (broad SMARTS) is 1. The number of nitrogens with one attached hydrogen (secondary N) is 1. The fourth-order valence-electron chi connectivity index (χ4n) is 1.46. The summed E-state index contributed by atoms with van der Waals surface area (Å²) < 4.78 is 1.19. The Morgan fingerprint density at radius 2 is 2.10 bits per heavy atom. The van der Waals surface area contributed by atoms with Crippen molar-refractivity contribution in [1.29, 1.82) is 0 Å². The van der Waals surface area contributed by atoms with E-state index in [2.05, 4.69) is 10.4 Å². The van der Waals surface area contributed by atoms with Gasteiger partial charge in [0.15, 0.2) is 5.60 Å². The summed E-state index contributed by atoms with van der Waals surface area (Å²) in [7, 11) is 0. The molecule has 0 bridgehead atoms. The highest BCUT2D eigenvalue weighted by atomic mass is 16.4. The summed E-state index contributed by atoms with van der Waals surface area (Å²) >= 11 is 0. The SMILES string of the molecule is CCCCn1nc(C(=O)NCC(C)(O)C(=O)O)ccc1=O. The van der Waals surface area contributed by atoms with Crippen LogP contribution in [0, 0.1) is 0 Å². The first-order valence-corrected chi connectivity index (χ1v) is 6.60. The van der Waals surface area contributed by atoms with Crippen LogP contribution in [-0.2, 0) is 11.3 Å². The third-order valence-corrected chi connectivity index (χ3v) is 2.88. The molecule has 1 aromatic heterocycles. The molecule has 8 nitrogen and oxygen atoms in total. The molecule has 0 aliphatic carbocycles. The lowest BCUT2D eigenvalue weighted by atomic mass is 10.1. The fourth-order valence-corrected chi connectivity index (χ4v) is 1.46. The van der Waals surface area contributed by atoms with Crippen LogP contribution in [0.2, 0.25) is 0 Å². The van der Waals surface area contributed by atoms with Gasteiger partial charge < -0.3 is 15.5 Å². The first kappa shape index (κ1) is 16.8. The number of carbonyl (C=O) groups excluding carboxylic acids is 1. The Morgan fingerprint density at radius 1 is 1.43 bits per heavy atom. The second-order valence-corrected chi connectivity index (χ2v) is 4.90. The van der Waals surface area contributed by atoms with Crippen LogP contribution >= 0.6 is 0 Å². The predicted octanol–water partition coefficient (Wildman–Crippen LogP) is -0.391. The predicted molar refractivity (Wildman–Crippen MR) is 74.0 cm³/mol. The highest BCUT2D eigenvalue weighted by Crippen LogP contribution is 2.02. The number of aliphatic hydroxyl groups is 1. The Labute approximate surface area is 121 Å². The lowest BCUT2D eigenvalue weighted by Crippen LogP contribution is -2.46. The number of aromatic nitrogens is 2. The molecule has 0 aromatic carbocycles. The molecular weight excluding hydrogens is 278 g/mol. The molecule has 1 atom stereocenters. The topological polar surface area (TPSA) is 122 Å². The average molecular weight is 297 g/mol. The van der Waals surface area contributed by atoms with Gasteiger partial charge in [0.25, 0.3) is 11.5 Å². The summed E-state index contributed by atoms with van der Waals surface area (Å²) in [6.07, 6.45) is 1.64. The van der Waals surface area contributed by atoms with Crippen LogP contribution in [0.25, 0.3) is 0 Å². The Balaban J connectivity index is 2.79. The number of hydrogen-bond donors (Lipinski definition) is 3. The summed E-state index contributed by atoms with van der Waals surface area (Å²) in [6.45, 7) is 2.99. The number of hydrogen-bond acceptors (Lipinski definition) is 5. The molecule has 0 radical (unpaired) electrons. The maximum absolute atomic E-state index is 11.9. The van der Waals surface area contributed by atoms with E-state index >= 15 is 0 Å². The van der Waals surface area contributed by atoms with Crippen molar-refractivity contribution < 1.29 is 19.8 Å². The smallest absolute Gasteiger partial charge is 0.337 e. The highest BCUT2D eigenvalue weighted by Gasteiger charge is 2.30. The monoisotopic (exact) mass is 297 g/mol. The van der Waals surface area contributed by atoms with Crippen molar-refractivity contribution in [2.45, 2.75) is 38.8 Å². The van der Waals surface area contributed by atoms with E-state index in [0.29, 0.717) is 6.54 Å². The van der Waals surface area contributed by atoms with Crippen molar-refractivity contribution in [3.63, 3.8) is 0 Å². The zero-order chi connectivity index (χ0) is 16.0. The maximum atomic E-state index is 11.9. The zero-order valence-electron chi connectivity index (χ0n) is 12.0. The number of carbonyl (C=O) groups is 2. The third kappa shape index (κ3) is 4.67. The van der Waals surface area contributed by atoms with Crippen LogP contribution in [-0.4, -0.2) is 44.0 Å². The van der Waals surface area contributed by atoms with E-state index in [9.17, 15) is 19.5 Å². The quantitative estimate of drug-likeness (QED) is 0.630. The van der Waals surface area contributed by atoms with E-state index in [4.69, 9.17) is 5.11 Å². The fraction of sp³-hybridized carbons (Fsp3) is 0.538. The second kappa shape index (κ2) is 6.98. The number of rotatable bonds is 7. The van der Waals surface area contributed by atoms with Crippen LogP contribution in [0.1, 0.15) is 37.2 Å². The van der Waals surface area contributed by atoms with Crippen molar-refractivity contribution in [3.05, 3.63) is 28.2 Å². The molecule has 1 heterocycles. The molecule has 1 aromatic rings. The van der Waals surface area contributed by atoms with E-state index in [1.807, 2.05) is 6.92 Å². The highest BCUT2D eigenvalue weighted by molar-refractivity contribution is 5.92. The Kier molecular flexibility index (Phi) is 5.60. The van der Waals surface area contributed by atoms with Gasteiger partial charge in [-0.1, -0.05) is 13.3 Å². The van der Waals surface area contributed by atoms with Crippen LogP contribution in [0.5, 0.6) is 0 Å². The molecule has 0 aliphatic rings. The number of amides is 1. The van der Waals surface area contributed by atoms with Crippen molar-refractivity contribution in [2.24, 2.45) is 0 Å². The van der Waals surface area contributed by atoms with Crippen LogP contribution < -0.4 is 10.9 Å². The molecule has 8 heteroatoms. The summed E-state index contributed by atoms with van der Waals surface area (Å²) in [5.41, 5.74) is -2.38. The van der Waals surface area contributed by atoms with Gasteiger partial charge in [-0.25, -0.2) is 9.48 Å². The summed E-state index contributed by atoms with van der Waals surface area (Å²) in [5.74, 6) is -2.09. The van der Waals surface area contributed by atoms with Crippen LogP contribution in [0.15, 0.2) is 16.9 Å². The lowest BCUT2D eigenvalue weighted by molar-refractivity contribution is -0.155. The maximum Gasteiger partial charge on any atom is 0.337 e. The van der Waals surface area contributed by atoms with E-state index in [-0.39, 0.29) is 11.3 Å². The normalized spacial score (nSPS) is 13.5. The largest absolute Gasteiger partial charge is 0.479 e. The molecule has 0 spiro atoms. The molecular formula is C13H19N3O5. The summed E-state index contributed by atoms with van der Waals surface area (Å²) in [4.78, 5) is 34.1. The number of aryl methyl sites for hydroxylation is 1. The first-order valence-electron chi connectivity index (χ1n) is 6.60. The molecule has 21 heavy (non-hydrogen) atoms. The van der Waals surface area contributed by atoms with Gasteiger partial charge in [-0.15, -0.1) is 0 Å². The van der Waals surface area contributed by atoms with E-state index in [1.54, 1.807) is 0 Å². The average Bonchev–Trinajstić information content (AvgIpc) is 2.43. The van der Waals surface area contributed by atoms with Gasteiger partial charge in [0.2, 0.25) is 0 Å². The third-order valence-electron chi connectivity index (χ3n) is 2.88.